The summed E-state index contributed by atoms with van der Waals surface area (Å²) >= 11 is 0. The average molecular weight is 206 g/mol. The number of rotatable bonds is 3. The van der Waals surface area contributed by atoms with Crippen molar-refractivity contribution < 1.29 is 14.4 Å². The van der Waals surface area contributed by atoms with Crippen molar-refractivity contribution in [3.8, 4) is 0 Å². The molecule has 0 heterocycles. The van der Waals surface area contributed by atoms with Gasteiger partial charge < -0.3 is 9.59 Å². The minimum Gasteiger partial charge on any atom is -0.481 e. The first-order valence-corrected chi connectivity index (χ1v) is 5.35. The van der Waals surface area contributed by atoms with Gasteiger partial charge in [-0.2, -0.15) is 0 Å². The summed E-state index contributed by atoms with van der Waals surface area (Å²) in [6.45, 7) is 9.09. The van der Waals surface area contributed by atoms with Gasteiger partial charge in [-0.05, 0) is 6.42 Å². The van der Waals surface area contributed by atoms with Crippen molar-refractivity contribution >= 4 is 5.97 Å². The highest BCUT2D eigenvalue weighted by Crippen LogP contribution is 1.90. The SMILES string of the molecule is CC.CCC(=O)O.CCC[N+](C)(C)C. The maximum absolute atomic E-state index is 9.37. The standard InChI is InChI=1S/C6H16N.C3H6O2.C2H6/c1-5-6-7(2,3)4;1-2-3(4)5;1-2/h5-6H2,1-4H3;2H2,1H3,(H,4,5);1-2H3/q+1;;. The summed E-state index contributed by atoms with van der Waals surface area (Å²) in [5.41, 5.74) is 0. The van der Waals surface area contributed by atoms with Gasteiger partial charge in [0.2, 0.25) is 0 Å². The van der Waals surface area contributed by atoms with Crippen LogP contribution in [0.25, 0.3) is 0 Å². The van der Waals surface area contributed by atoms with Crippen molar-refractivity contribution in [2.45, 2.75) is 40.5 Å². The van der Waals surface area contributed by atoms with Crippen LogP contribution in [-0.4, -0.2) is 43.2 Å². The molecule has 0 saturated heterocycles. The Balaban J connectivity index is -0.000000152. The quantitative estimate of drug-likeness (QED) is 0.721. The molecule has 0 bridgehead atoms. The van der Waals surface area contributed by atoms with Crippen LogP contribution < -0.4 is 0 Å². The number of carbonyl (C=O) groups is 1. The van der Waals surface area contributed by atoms with Crippen molar-refractivity contribution in [1.82, 2.24) is 0 Å². The van der Waals surface area contributed by atoms with E-state index in [1.54, 1.807) is 6.92 Å². The second-order valence-electron chi connectivity index (χ2n) is 3.76. The molecular formula is C11H28NO2+. The van der Waals surface area contributed by atoms with E-state index in [4.69, 9.17) is 5.11 Å². The smallest absolute Gasteiger partial charge is 0.303 e. The molecule has 0 spiro atoms. The fourth-order valence-corrected chi connectivity index (χ4v) is 0.671. The van der Waals surface area contributed by atoms with Crippen LogP contribution in [0.4, 0.5) is 0 Å². The maximum atomic E-state index is 9.37. The van der Waals surface area contributed by atoms with E-state index in [0.29, 0.717) is 0 Å². The molecule has 0 aromatic rings. The zero-order valence-electron chi connectivity index (χ0n) is 10.9. The second-order valence-corrected chi connectivity index (χ2v) is 3.76. The van der Waals surface area contributed by atoms with Crippen molar-refractivity contribution in [3.63, 3.8) is 0 Å². The van der Waals surface area contributed by atoms with Gasteiger partial charge in [-0.1, -0.05) is 27.7 Å². The van der Waals surface area contributed by atoms with Crippen molar-refractivity contribution in [1.29, 1.82) is 0 Å². The lowest BCUT2D eigenvalue weighted by Gasteiger charge is -2.22. The summed E-state index contributed by atoms with van der Waals surface area (Å²) in [5, 5.41) is 7.72. The van der Waals surface area contributed by atoms with E-state index in [1.165, 1.54) is 13.0 Å². The van der Waals surface area contributed by atoms with Crippen LogP contribution in [0.3, 0.4) is 0 Å². The molecule has 0 aromatic heterocycles. The lowest BCUT2D eigenvalue weighted by Crippen LogP contribution is -2.34. The average Bonchev–Trinajstić information content (AvgIpc) is 2.07. The van der Waals surface area contributed by atoms with Crippen LogP contribution in [0.15, 0.2) is 0 Å². The van der Waals surface area contributed by atoms with Crippen LogP contribution in [0.2, 0.25) is 0 Å². The normalized spacial score (nSPS) is 9.07. The topological polar surface area (TPSA) is 37.3 Å². The van der Waals surface area contributed by atoms with E-state index in [9.17, 15) is 4.79 Å². The molecule has 0 amide bonds. The third-order valence-electron chi connectivity index (χ3n) is 1.20. The molecule has 0 aliphatic carbocycles. The molecule has 0 saturated carbocycles. The molecule has 88 valence electrons. The van der Waals surface area contributed by atoms with E-state index in [1.807, 2.05) is 13.8 Å². The third-order valence-corrected chi connectivity index (χ3v) is 1.20. The number of nitrogens with zero attached hydrogens (tertiary/aromatic N) is 1. The minimum atomic E-state index is -0.745. The van der Waals surface area contributed by atoms with Gasteiger partial charge in [-0.15, -0.1) is 0 Å². The van der Waals surface area contributed by atoms with E-state index in [0.717, 1.165) is 4.48 Å². The van der Waals surface area contributed by atoms with E-state index in [-0.39, 0.29) is 6.42 Å². The molecule has 3 heteroatoms. The Morgan fingerprint density at radius 2 is 1.43 bits per heavy atom. The number of quaternary nitrogens is 1. The molecule has 0 unspecified atom stereocenters. The minimum absolute atomic E-state index is 0.222. The zero-order valence-corrected chi connectivity index (χ0v) is 10.9. The molecule has 0 atom stereocenters. The van der Waals surface area contributed by atoms with Crippen LogP contribution in [0, 0.1) is 0 Å². The van der Waals surface area contributed by atoms with Gasteiger partial charge in [-0.3, -0.25) is 4.79 Å². The van der Waals surface area contributed by atoms with Gasteiger partial charge in [0, 0.05) is 6.42 Å². The number of hydrogen-bond donors (Lipinski definition) is 1. The highest BCUT2D eigenvalue weighted by atomic mass is 16.4. The van der Waals surface area contributed by atoms with Gasteiger partial charge in [0.15, 0.2) is 0 Å². The summed E-state index contributed by atoms with van der Waals surface area (Å²) < 4.78 is 1.09. The first-order chi connectivity index (χ1) is 6.33. The Kier molecular flexibility index (Phi) is 16.9. The summed E-state index contributed by atoms with van der Waals surface area (Å²) in [6, 6.07) is 0. The van der Waals surface area contributed by atoms with Gasteiger partial charge in [-0.25, -0.2) is 0 Å². The van der Waals surface area contributed by atoms with Crippen molar-refractivity contribution in [3.05, 3.63) is 0 Å². The Labute approximate surface area is 89.3 Å². The Hall–Kier alpha value is -0.570. The van der Waals surface area contributed by atoms with E-state index in [2.05, 4.69) is 28.1 Å². The molecule has 0 aromatic carbocycles. The molecule has 0 rings (SSSR count). The maximum Gasteiger partial charge on any atom is 0.303 e. The van der Waals surface area contributed by atoms with E-state index >= 15 is 0 Å². The van der Waals surface area contributed by atoms with Gasteiger partial charge in [0.05, 0.1) is 27.7 Å². The fourth-order valence-electron chi connectivity index (χ4n) is 0.671. The Morgan fingerprint density at radius 3 is 1.43 bits per heavy atom. The largest absolute Gasteiger partial charge is 0.481 e. The zero-order chi connectivity index (χ0) is 12.2. The molecule has 3 nitrogen and oxygen atoms in total. The van der Waals surface area contributed by atoms with Crippen LogP contribution >= 0.6 is 0 Å². The first kappa shape index (κ1) is 19.1. The lowest BCUT2D eigenvalue weighted by atomic mass is 10.4. The van der Waals surface area contributed by atoms with Crippen LogP contribution in [0.5, 0.6) is 0 Å². The Morgan fingerprint density at radius 1 is 1.14 bits per heavy atom. The molecule has 0 aliphatic heterocycles. The lowest BCUT2D eigenvalue weighted by molar-refractivity contribution is -0.870. The molecular weight excluding hydrogens is 178 g/mol. The van der Waals surface area contributed by atoms with Crippen molar-refractivity contribution in [2.75, 3.05) is 27.7 Å². The first-order valence-electron chi connectivity index (χ1n) is 5.35. The summed E-state index contributed by atoms with van der Waals surface area (Å²) in [4.78, 5) is 9.37. The second kappa shape index (κ2) is 12.4. The Bertz CT molecular complexity index is 117. The fraction of sp³-hybridized carbons (Fsp3) is 0.909. The number of carboxylic acid groups (broad SMARTS) is 1. The van der Waals surface area contributed by atoms with Crippen LogP contribution in [0.1, 0.15) is 40.5 Å². The monoisotopic (exact) mass is 206 g/mol. The van der Waals surface area contributed by atoms with E-state index < -0.39 is 5.97 Å². The molecule has 0 radical (unpaired) electrons. The molecule has 1 N–H and O–H groups in total. The molecule has 0 fully saturated rings. The number of hydrogen-bond acceptors (Lipinski definition) is 1. The third kappa shape index (κ3) is 42.2. The van der Waals surface area contributed by atoms with Gasteiger partial charge in [0.25, 0.3) is 0 Å². The van der Waals surface area contributed by atoms with Crippen molar-refractivity contribution in [2.24, 2.45) is 0 Å². The highest BCUT2D eigenvalue weighted by Gasteiger charge is 2.01. The summed E-state index contributed by atoms with van der Waals surface area (Å²) in [7, 11) is 6.64. The van der Waals surface area contributed by atoms with Crippen LogP contribution in [-0.2, 0) is 4.79 Å². The summed E-state index contributed by atoms with van der Waals surface area (Å²) in [5.74, 6) is -0.745. The molecule has 14 heavy (non-hydrogen) atoms. The predicted octanol–water partition coefficient (Wildman–Crippen LogP) is 2.61. The van der Waals surface area contributed by atoms with Gasteiger partial charge in [0.1, 0.15) is 0 Å². The highest BCUT2D eigenvalue weighted by molar-refractivity contribution is 5.66. The number of carboxylic acids is 1. The molecule has 0 aliphatic rings. The predicted molar refractivity (Wildman–Crippen MR) is 62.5 cm³/mol. The summed E-state index contributed by atoms with van der Waals surface area (Å²) in [6.07, 6.45) is 1.50. The number of aliphatic carboxylic acids is 1. The van der Waals surface area contributed by atoms with Gasteiger partial charge >= 0.3 is 5.97 Å².